The molecule has 2 rings (SSSR count). The maximum Gasteiger partial charge on any atom is 0.407 e. The maximum absolute atomic E-state index is 12.0. The van der Waals surface area contributed by atoms with Crippen LogP contribution in [0.5, 0.6) is 0 Å². The predicted molar refractivity (Wildman–Crippen MR) is 94.7 cm³/mol. The lowest BCUT2D eigenvalue weighted by Gasteiger charge is -2.29. The van der Waals surface area contributed by atoms with Crippen molar-refractivity contribution in [2.75, 3.05) is 27.2 Å². The summed E-state index contributed by atoms with van der Waals surface area (Å²) in [5.74, 6) is 0.516. The summed E-state index contributed by atoms with van der Waals surface area (Å²) < 4.78 is 0. The average molecular weight is 353 g/mol. The standard InChI is InChI=1S/C18H25ClN2O3/c1-20(2)17(22)15-7-6-14(12-16(15)19)5-3-4-13-8-10-21(11-9-13)18(23)24/h6-7,12-13H,3-5,8-11H2,1-2H3,(H,23,24). The number of rotatable bonds is 5. The van der Waals surface area contributed by atoms with E-state index >= 15 is 0 Å². The number of aryl methyl sites for hydroxylation is 1. The van der Waals surface area contributed by atoms with E-state index in [4.69, 9.17) is 16.7 Å². The molecule has 1 aromatic carbocycles. The highest BCUT2D eigenvalue weighted by molar-refractivity contribution is 6.33. The zero-order valence-electron chi connectivity index (χ0n) is 14.3. The summed E-state index contributed by atoms with van der Waals surface area (Å²) in [6.45, 7) is 1.29. The van der Waals surface area contributed by atoms with Crippen molar-refractivity contribution >= 4 is 23.6 Å². The molecule has 0 saturated carbocycles. The molecule has 1 fully saturated rings. The van der Waals surface area contributed by atoms with Gasteiger partial charge in [0.25, 0.3) is 5.91 Å². The summed E-state index contributed by atoms with van der Waals surface area (Å²) in [4.78, 5) is 25.9. The molecular weight excluding hydrogens is 328 g/mol. The molecule has 0 aromatic heterocycles. The number of carbonyl (C=O) groups is 2. The summed E-state index contributed by atoms with van der Waals surface area (Å²) in [6.07, 6.45) is 4.16. The Morgan fingerprint density at radius 2 is 1.96 bits per heavy atom. The molecule has 1 aliphatic heterocycles. The second kappa shape index (κ2) is 8.38. The normalized spacial score (nSPS) is 15.4. The van der Waals surface area contributed by atoms with Gasteiger partial charge in [-0.25, -0.2) is 4.79 Å². The SMILES string of the molecule is CN(C)C(=O)c1ccc(CCCC2CCN(C(=O)O)CC2)cc1Cl. The lowest BCUT2D eigenvalue weighted by molar-refractivity contribution is 0.0827. The smallest absolute Gasteiger partial charge is 0.407 e. The number of benzene rings is 1. The van der Waals surface area contributed by atoms with E-state index in [1.807, 2.05) is 12.1 Å². The summed E-state index contributed by atoms with van der Waals surface area (Å²) in [5.41, 5.74) is 1.67. The molecule has 1 aliphatic rings. The summed E-state index contributed by atoms with van der Waals surface area (Å²) >= 11 is 6.23. The fourth-order valence-electron chi connectivity index (χ4n) is 3.14. The number of piperidine rings is 1. The number of carboxylic acid groups (broad SMARTS) is 1. The van der Waals surface area contributed by atoms with Crippen LogP contribution in [0.15, 0.2) is 18.2 Å². The van der Waals surface area contributed by atoms with Gasteiger partial charge in [-0.1, -0.05) is 17.7 Å². The molecule has 2 amide bonds. The minimum atomic E-state index is -0.810. The van der Waals surface area contributed by atoms with E-state index in [1.165, 1.54) is 9.80 Å². The van der Waals surface area contributed by atoms with E-state index in [1.54, 1.807) is 20.2 Å². The predicted octanol–water partition coefficient (Wildman–Crippen LogP) is 3.75. The third kappa shape index (κ3) is 4.87. The number of halogens is 1. The topological polar surface area (TPSA) is 60.9 Å². The molecular formula is C18H25ClN2O3. The van der Waals surface area contributed by atoms with Gasteiger partial charge in [-0.3, -0.25) is 4.79 Å². The molecule has 0 bridgehead atoms. The highest BCUT2D eigenvalue weighted by Gasteiger charge is 2.21. The van der Waals surface area contributed by atoms with Crippen LogP contribution in [0.4, 0.5) is 4.79 Å². The van der Waals surface area contributed by atoms with E-state index in [9.17, 15) is 9.59 Å². The van der Waals surface area contributed by atoms with E-state index in [2.05, 4.69) is 0 Å². The van der Waals surface area contributed by atoms with Gasteiger partial charge in [-0.05, 0) is 55.7 Å². The first-order valence-corrected chi connectivity index (χ1v) is 8.74. The van der Waals surface area contributed by atoms with E-state index < -0.39 is 6.09 Å². The van der Waals surface area contributed by atoms with Crippen molar-refractivity contribution in [3.05, 3.63) is 34.3 Å². The monoisotopic (exact) mass is 352 g/mol. The number of likely N-dealkylation sites (tertiary alicyclic amines) is 1. The Bertz CT molecular complexity index is 596. The lowest BCUT2D eigenvalue weighted by Crippen LogP contribution is -2.37. The van der Waals surface area contributed by atoms with Gasteiger partial charge < -0.3 is 14.9 Å². The first-order chi connectivity index (χ1) is 11.4. The minimum absolute atomic E-state index is 0.0864. The average Bonchev–Trinajstić information content (AvgIpc) is 2.55. The summed E-state index contributed by atoms with van der Waals surface area (Å²) in [6, 6.07) is 5.65. The molecule has 5 nitrogen and oxygen atoms in total. The molecule has 0 atom stereocenters. The Hall–Kier alpha value is -1.75. The van der Waals surface area contributed by atoms with Gasteiger partial charge in [-0.15, -0.1) is 0 Å². The largest absolute Gasteiger partial charge is 0.465 e. The van der Waals surface area contributed by atoms with Crippen molar-refractivity contribution in [3.63, 3.8) is 0 Å². The summed E-state index contributed by atoms with van der Waals surface area (Å²) in [5, 5.41) is 9.46. The maximum atomic E-state index is 12.0. The molecule has 1 saturated heterocycles. The van der Waals surface area contributed by atoms with Gasteiger partial charge in [-0.2, -0.15) is 0 Å². The number of hydrogen-bond acceptors (Lipinski definition) is 2. The van der Waals surface area contributed by atoms with Crippen LogP contribution in [-0.4, -0.2) is 54.1 Å². The number of carbonyl (C=O) groups excluding carboxylic acids is 1. The number of nitrogens with zero attached hydrogens (tertiary/aromatic N) is 2. The van der Waals surface area contributed by atoms with Crippen LogP contribution in [0.25, 0.3) is 0 Å². The highest BCUT2D eigenvalue weighted by Crippen LogP contribution is 2.24. The molecule has 132 valence electrons. The molecule has 1 N–H and O–H groups in total. The van der Waals surface area contributed by atoms with Crippen LogP contribution in [-0.2, 0) is 6.42 Å². The fourth-order valence-corrected chi connectivity index (χ4v) is 3.42. The van der Waals surface area contributed by atoms with Crippen LogP contribution >= 0.6 is 11.6 Å². The Morgan fingerprint density at radius 3 is 2.50 bits per heavy atom. The van der Waals surface area contributed by atoms with Gasteiger partial charge >= 0.3 is 6.09 Å². The van der Waals surface area contributed by atoms with Gasteiger partial charge in [0.2, 0.25) is 0 Å². The molecule has 6 heteroatoms. The van der Waals surface area contributed by atoms with Crippen molar-refractivity contribution in [1.82, 2.24) is 9.80 Å². The molecule has 0 spiro atoms. The third-order valence-electron chi connectivity index (χ3n) is 4.63. The van der Waals surface area contributed by atoms with Gasteiger partial charge in [0.05, 0.1) is 10.6 Å². The Kier molecular flexibility index (Phi) is 6.49. The van der Waals surface area contributed by atoms with Crippen LogP contribution < -0.4 is 0 Å². The van der Waals surface area contributed by atoms with Crippen LogP contribution in [0.1, 0.15) is 41.6 Å². The quantitative estimate of drug-likeness (QED) is 0.877. The zero-order chi connectivity index (χ0) is 17.7. The molecule has 1 aromatic rings. The van der Waals surface area contributed by atoms with Crippen LogP contribution in [0.2, 0.25) is 5.02 Å². The van der Waals surface area contributed by atoms with Crippen LogP contribution in [0, 0.1) is 5.92 Å². The minimum Gasteiger partial charge on any atom is -0.465 e. The van der Waals surface area contributed by atoms with E-state index in [0.29, 0.717) is 29.6 Å². The lowest BCUT2D eigenvalue weighted by atomic mass is 9.91. The van der Waals surface area contributed by atoms with Crippen molar-refractivity contribution in [2.24, 2.45) is 5.92 Å². The van der Waals surface area contributed by atoms with Gasteiger partial charge in [0.15, 0.2) is 0 Å². The second-order valence-electron chi connectivity index (χ2n) is 6.62. The van der Waals surface area contributed by atoms with E-state index in [-0.39, 0.29) is 5.91 Å². The Morgan fingerprint density at radius 1 is 1.29 bits per heavy atom. The Balaban J connectivity index is 1.80. The fraction of sp³-hybridized carbons (Fsp3) is 0.556. The van der Waals surface area contributed by atoms with Crippen molar-refractivity contribution < 1.29 is 14.7 Å². The molecule has 24 heavy (non-hydrogen) atoms. The first-order valence-electron chi connectivity index (χ1n) is 8.36. The molecule has 0 radical (unpaired) electrons. The van der Waals surface area contributed by atoms with E-state index in [0.717, 1.165) is 37.7 Å². The first kappa shape index (κ1) is 18.6. The zero-order valence-corrected chi connectivity index (χ0v) is 15.1. The second-order valence-corrected chi connectivity index (χ2v) is 7.03. The molecule has 0 unspecified atom stereocenters. The van der Waals surface area contributed by atoms with Crippen LogP contribution in [0.3, 0.4) is 0 Å². The Labute approximate surface area is 148 Å². The molecule has 0 aliphatic carbocycles. The number of amides is 2. The van der Waals surface area contributed by atoms with Gasteiger partial charge in [0.1, 0.15) is 0 Å². The van der Waals surface area contributed by atoms with Crippen molar-refractivity contribution in [3.8, 4) is 0 Å². The van der Waals surface area contributed by atoms with Crippen molar-refractivity contribution in [1.29, 1.82) is 0 Å². The third-order valence-corrected chi connectivity index (χ3v) is 4.95. The molecule has 1 heterocycles. The van der Waals surface area contributed by atoms with Gasteiger partial charge in [0, 0.05) is 27.2 Å². The summed E-state index contributed by atoms with van der Waals surface area (Å²) in [7, 11) is 3.42. The van der Waals surface area contributed by atoms with Crippen molar-refractivity contribution in [2.45, 2.75) is 32.1 Å². The number of hydrogen-bond donors (Lipinski definition) is 1. The highest BCUT2D eigenvalue weighted by atomic mass is 35.5.